The maximum atomic E-state index is 12.7. The van der Waals surface area contributed by atoms with E-state index in [1.165, 1.54) is 17.0 Å². The smallest absolute Gasteiger partial charge is 0.281 e. The number of carbonyl (C=O) groups is 1. The van der Waals surface area contributed by atoms with Gasteiger partial charge < -0.3 is 9.73 Å². The van der Waals surface area contributed by atoms with E-state index in [1.807, 2.05) is 18.2 Å². The second-order valence-electron chi connectivity index (χ2n) is 5.94. The number of rotatable bonds is 4. The molecule has 7 nitrogen and oxygen atoms in total. The van der Waals surface area contributed by atoms with Crippen LogP contribution in [-0.2, 0) is 4.79 Å². The number of hydrogen-bond acceptors (Lipinski definition) is 5. The molecule has 2 aromatic carbocycles. The van der Waals surface area contributed by atoms with Crippen molar-refractivity contribution in [1.29, 1.82) is 0 Å². The first kappa shape index (κ1) is 17.6. The Morgan fingerprint density at radius 2 is 1.75 bits per heavy atom. The molecule has 0 aliphatic carbocycles. The number of benzene rings is 2. The third kappa shape index (κ3) is 3.17. The van der Waals surface area contributed by atoms with Crippen LogP contribution >= 0.6 is 12.2 Å². The lowest BCUT2D eigenvalue weighted by Gasteiger charge is -2.13. The minimum atomic E-state index is -0.464. The summed E-state index contributed by atoms with van der Waals surface area (Å²) in [7, 11) is 0. The normalized spacial score (nSPS) is 15.1. The molecule has 0 radical (unpaired) electrons. The predicted molar refractivity (Wildman–Crippen MR) is 108 cm³/mol. The molecule has 28 heavy (non-hydrogen) atoms. The Morgan fingerprint density at radius 3 is 2.50 bits per heavy atom. The van der Waals surface area contributed by atoms with Crippen LogP contribution in [0.1, 0.15) is 5.76 Å². The predicted octanol–water partition coefficient (Wildman–Crippen LogP) is 4.12. The van der Waals surface area contributed by atoms with Crippen molar-refractivity contribution in [1.82, 2.24) is 5.32 Å². The fraction of sp³-hybridized carbons (Fsp3) is 0. The van der Waals surface area contributed by atoms with Crippen LogP contribution in [0.4, 0.5) is 11.4 Å². The number of nitro groups is 1. The summed E-state index contributed by atoms with van der Waals surface area (Å²) in [4.78, 5) is 24.9. The largest absolute Gasteiger partial charge is 0.456 e. The molecule has 1 amide bonds. The summed E-state index contributed by atoms with van der Waals surface area (Å²) in [6, 6.07) is 18.6. The maximum absolute atomic E-state index is 12.7. The molecule has 138 valence electrons. The van der Waals surface area contributed by atoms with Gasteiger partial charge in [-0.25, -0.2) is 0 Å². The van der Waals surface area contributed by atoms with E-state index in [0.717, 1.165) is 0 Å². The molecule has 1 aliphatic rings. The van der Waals surface area contributed by atoms with E-state index >= 15 is 0 Å². The number of thiocarbonyl (C=S) groups is 1. The minimum absolute atomic E-state index is 0.0532. The van der Waals surface area contributed by atoms with Gasteiger partial charge in [-0.05, 0) is 42.5 Å². The average molecular weight is 391 g/mol. The second-order valence-corrected chi connectivity index (χ2v) is 6.33. The molecule has 3 aromatic rings. The highest BCUT2D eigenvalue weighted by molar-refractivity contribution is 7.80. The Labute approximate surface area is 165 Å². The topological polar surface area (TPSA) is 88.6 Å². The number of nitrogens with one attached hydrogen (secondary N) is 1. The molecule has 1 saturated heterocycles. The number of para-hydroxylation sites is 2. The van der Waals surface area contributed by atoms with Gasteiger partial charge in [-0.2, -0.15) is 0 Å². The molecule has 0 saturated carbocycles. The number of hydrogen-bond donors (Lipinski definition) is 1. The van der Waals surface area contributed by atoms with Crippen molar-refractivity contribution in [3.63, 3.8) is 0 Å². The van der Waals surface area contributed by atoms with Gasteiger partial charge in [0.1, 0.15) is 17.2 Å². The Bertz CT molecular complexity index is 1120. The van der Waals surface area contributed by atoms with Gasteiger partial charge in [0.2, 0.25) is 0 Å². The number of furan rings is 1. The summed E-state index contributed by atoms with van der Waals surface area (Å²) in [6.45, 7) is 0. The van der Waals surface area contributed by atoms with Crippen molar-refractivity contribution in [2.45, 2.75) is 0 Å². The Morgan fingerprint density at radius 1 is 1.04 bits per heavy atom. The maximum Gasteiger partial charge on any atom is 0.281 e. The zero-order chi connectivity index (χ0) is 19.7. The molecule has 4 rings (SSSR count). The quantitative estimate of drug-likeness (QED) is 0.312. The van der Waals surface area contributed by atoms with E-state index in [2.05, 4.69) is 5.32 Å². The SMILES string of the molecule is O=C1C(=Cc2ccc(-c3ccccc3[N+](=O)[O-])o2)NC(=S)N1c1ccccc1. The molecule has 1 aromatic heterocycles. The molecule has 1 N–H and O–H groups in total. The molecule has 0 bridgehead atoms. The lowest BCUT2D eigenvalue weighted by Crippen LogP contribution is -2.30. The Hall–Kier alpha value is -3.78. The van der Waals surface area contributed by atoms with Crippen molar-refractivity contribution in [3.8, 4) is 11.3 Å². The average Bonchev–Trinajstić information content (AvgIpc) is 3.27. The van der Waals surface area contributed by atoms with Crippen molar-refractivity contribution in [2.75, 3.05) is 4.90 Å². The van der Waals surface area contributed by atoms with Crippen molar-refractivity contribution in [3.05, 3.63) is 88.3 Å². The number of amides is 1. The Balaban J connectivity index is 1.64. The number of carbonyl (C=O) groups excluding carboxylic acids is 1. The van der Waals surface area contributed by atoms with E-state index in [4.69, 9.17) is 16.6 Å². The number of nitrogens with zero attached hydrogens (tertiary/aromatic N) is 2. The van der Waals surface area contributed by atoms with Crippen LogP contribution in [0.2, 0.25) is 0 Å². The lowest BCUT2D eigenvalue weighted by molar-refractivity contribution is -0.384. The van der Waals surface area contributed by atoms with Crippen molar-refractivity contribution < 1.29 is 14.1 Å². The van der Waals surface area contributed by atoms with Gasteiger partial charge in [0.15, 0.2) is 5.11 Å². The third-order valence-corrected chi connectivity index (χ3v) is 4.46. The first-order valence-electron chi connectivity index (χ1n) is 8.30. The summed E-state index contributed by atoms with van der Waals surface area (Å²) in [5, 5.41) is 14.4. The van der Waals surface area contributed by atoms with Gasteiger partial charge in [-0.3, -0.25) is 19.8 Å². The molecule has 0 unspecified atom stereocenters. The summed E-state index contributed by atoms with van der Waals surface area (Å²) < 4.78 is 5.71. The highest BCUT2D eigenvalue weighted by atomic mass is 32.1. The number of anilines is 1. The molecule has 1 aliphatic heterocycles. The third-order valence-electron chi connectivity index (χ3n) is 4.17. The summed E-state index contributed by atoms with van der Waals surface area (Å²) in [5.74, 6) is 0.411. The molecule has 0 atom stereocenters. The van der Waals surface area contributed by atoms with E-state index in [-0.39, 0.29) is 22.4 Å². The second kappa shape index (κ2) is 7.09. The minimum Gasteiger partial charge on any atom is -0.456 e. The van der Waals surface area contributed by atoms with Crippen LogP contribution in [-0.4, -0.2) is 15.9 Å². The monoisotopic (exact) mass is 391 g/mol. The zero-order valence-electron chi connectivity index (χ0n) is 14.4. The van der Waals surface area contributed by atoms with E-state index in [1.54, 1.807) is 42.5 Å². The van der Waals surface area contributed by atoms with Crippen molar-refractivity contribution in [2.24, 2.45) is 0 Å². The first-order chi connectivity index (χ1) is 13.5. The highest BCUT2D eigenvalue weighted by Gasteiger charge is 2.32. The van der Waals surface area contributed by atoms with E-state index in [0.29, 0.717) is 22.8 Å². The summed E-state index contributed by atoms with van der Waals surface area (Å²) in [6.07, 6.45) is 1.52. The van der Waals surface area contributed by atoms with Crippen molar-refractivity contribution >= 4 is 40.7 Å². The first-order valence-corrected chi connectivity index (χ1v) is 8.71. The van der Waals surface area contributed by atoms with Gasteiger partial charge in [-0.1, -0.05) is 30.3 Å². The van der Waals surface area contributed by atoms with Crippen LogP contribution in [0.25, 0.3) is 17.4 Å². The Kier molecular flexibility index (Phi) is 4.46. The molecular weight excluding hydrogens is 378 g/mol. The zero-order valence-corrected chi connectivity index (χ0v) is 15.2. The fourth-order valence-corrected chi connectivity index (χ4v) is 3.20. The molecule has 1 fully saturated rings. The molecule has 2 heterocycles. The highest BCUT2D eigenvalue weighted by Crippen LogP contribution is 2.31. The van der Waals surface area contributed by atoms with E-state index < -0.39 is 4.92 Å². The van der Waals surface area contributed by atoms with Crippen LogP contribution in [0.5, 0.6) is 0 Å². The van der Waals surface area contributed by atoms with Crippen LogP contribution in [0.15, 0.2) is 76.8 Å². The van der Waals surface area contributed by atoms with Gasteiger partial charge in [0.25, 0.3) is 11.6 Å². The standard InChI is InChI=1S/C20H13N3O4S/c24-19-16(21-20(28)22(19)13-6-2-1-3-7-13)12-14-10-11-18(27-14)15-8-4-5-9-17(15)23(25)26/h1-12H,(H,21,28). The lowest BCUT2D eigenvalue weighted by atomic mass is 10.1. The molecule has 8 heteroatoms. The van der Waals surface area contributed by atoms with Crippen LogP contribution in [0, 0.1) is 10.1 Å². The summed E-state index contributed by atoms with van der Waals surface area (Å²) >= 11 is 5.27. The van der Waals surface area contributed by atoms with Gasteiger partial charge in [0, 0.05) is 12.1 Å². The molecular formula is C20H13N3O4S. The van der Waals surface area contributed by atoms with E-state index in [9.17, 15) is 14.9 Å². The van der Waals surface area contributed by atoms with Crippen LogP contribution in [0.3, 0.4) is 0 Å². The summed E-state index contributed by atoms with van der Waals surface area (Å²) in [5.41, 5.74) is 1.23. The molecule has 0 spiro atoms. The van der Waals surface area contributed by atoms with Gasteiger partial charge in [-0.15, -0.1) is 0 Å². The van der Waals surface area contributed by atoms with Crippen LogP contribution < -0.4 is 10.2 Å². The van der Waals surface area contributed by atoms with Gasteiger partial charge in [0.05, 0.1) is 16.2 Å². The fourth-order valence-electron chi connectivity index (χ4n) is 2.91. The number of nitro benzene ring substituents is 1. The van der Waals surface area contributed by atoms with Gasteiger partial charge >= 0.3 is 0 Å².